The molecule has 2 aromatic carbocycles. The summed E-state index contributed by atoms with van der Waals surface area (Å²) >= 11 is 1.14. The fourth-order valence-electron chi connectivity index (χ4n) is 2.99. The van der Waals surface area contributed by atoms with Crippen LogP contribution in [0.15, 0.2) is 68.9 Å². The second-order valence-corrected chi connectivity index (χ2v) is 7.82. The van der Waals surface area contributed by atoms with E-state index in [1.807, 2.05) is 0 Å². The van der Waals surface area contributed by atoms with Crippen molar-refractivity contribution < 1.29 is 33.8 Å². The van der Waals surface area contributed by atoms with E-state index in [2.05, 4.69) is 10.3 Å². The van der Waals surface area contributed by atoms with Gasteiger partial charge in [0, 0.05) is 11.6 Å². The van der Waals surface area contributed by atoms with Crippen LogP contribution in [0, 0.1) is 0 Å². The number of benzene rings is 2. The number of hydrogen-bond donors (Lipinski definition) is 3. The van der Waals surface area contributed by atoms with Crippen LogP contribution in [0.2, 0.25) is 0 Å². The van der Waals surface area contributed by atoms with Gasteiger partial charge in [-0.05, 0) is 66.4 Å². The molecule has 1 fully saturated rings. The Kier molecular flexibility index (Phi) is 6.01. The molecule has 9 nitrogen and oxygen atoms in total. The number of amides is 1. The van der Waals surface area contributed by atoms with Crippen molar-refractivity contribution in [3.05, 3.63) is 76.4 Å². The quantitative estimate of drug-likeness (QED) is 0.461. The summed E-state index contributed by atoms with van der Waals surface area (Å²) in [7, 11) is 1.57. The molecule has 0 atom stereocenters. The number of ether oxygens (including phenoxy) is 1. The van der Waals surface area contributed by atoms with E-state index in [1.54, 1.807) is 43.5 Å². The van der Waals surface area contributed by atoms with Crippen molar-refractivity contribution in [1.29, 1.82) is 0 Å². The lowest BCUT2D eigenvalue weighted by Crippen LogP contribution is -2.19. The van der Waals surface area contributed by atoms with Crippen LogP contribution in [-0.4, -0.2) is 40.3 Å². The molecule has 0 radical (unpaired) electrons. The molecule has 3 N–H and O–H groups in total. The Hall–Kier alpha value is -4.31. The van der Waals surface area contributed by atoms with Crippen molar-refractivity contribution >= 4 is 46.5 Å². The largest absolute Gasteiger partial charge is 0.497 e. The molecule has 0 saturated carbocycles. The van der Waals surface area contributed by atoms with Crippen molar-refractivity contribution in [3.63, 3.8) is 0 Å². The molecule has 0 unspecified atom stereocenters. The van der Waals surface area contributed by atoms with Crippen LogP contribution < -0.4 is 10.1 Å². The Morgan fingerprint density at radius 3 is 2.30 bits per heavy atom. The number of methoxy groups -OCH3 is 1. The van der Waals surface area contributed by atoms with Gasteiger partial charge in [-0.15, -0.1) is 0 Å². The number of aliphatic imine (C=N–C) groups is 1. The highest BCUT2D eigenvalue weighted by molar-refractivity contribution is 8.18. The molecule has 4 rings (SSSR count). The molecule has 1 aromatic heterocycles. The van der Waals surface area contributed by atoms with Crippen LogP contribution >= 0.6 is 11.8 Å². The fourth-order valence-corrected chi connectivity index (χ4v) is 3.81. The predicted octanol–water partition coefficient (Wildman–Crippen LogP) is 4.24. The molecule has 0 aliphatic carbocycles. The lowest BCUT2D eigenvalue weighted by atomic mass is 10.0. The Morgan fingerprint density at radius 1 is 1.03 bits per heavy atom. The number of aromatic carboxylic acids is 2. The second kappa shape index (κ2) is 9.05. The minimum absolute atomic E-state index is 0.175. The monoisotopic (exact) mass is 464 g/mol. The summed E-state index contributed by atoms with van der Waals surface area (Å²) in [4.78, 5) is 39.7. The number of nitrogens with zero attached hydrogens (tertiary/aromatic N) is 1. The summed E-state index contributed by atoms with van der Waals surface area (Å²) < 4.78 is 10.8. The van der Waals surface area contributed by atoms with Crippen molar-refractivity contribution in [2.24, 2.45) is 4.99 Å². The third-order valence-electron chi connectivity index (χ3n) is 4.57. The van der Waals surface area contributed by atoms with Crippen molar-refractivity contribution in [1.82, 2.24) is 5.32 Å². The van der Waals surface area contributed by atoms with Gasteiger partial charge >= 0.3 is 11.9 Å². The van der Waals surface area contributed by atoms with Gasteiger partial charge in [0.2, 0.25) is 0 Å². The number of carboxylic acids is 2. The number of thioether (sulfide) groups is 1. The maximum atomic E-state index is 12.3. The molecule has 166 valence electrons. The van der Waals surface area contributed by atoms with Gasteiger partial charge in [0.15, 0.2) is 5.17 Å². The van der Waals surface area contributed by atoms with E-state index in [0.717, 1.165) is 17.8 Å². The Labute approximate surface area is 191 Å². The lowest BCUT2D eigenvalue weighted by Gasteiger charge is -2.03. The molecular formula is C23H16N2O7S. The van der Waals surface area contributed by atoms with Crippen LogP contribution in [0.25, 0.3) is 17.4 Å². The Bertz CT molecular complexity index is 1290. The molecule has 1 aliphatic heterocycles. The third-order valence-corrected chi connectivity index (χ3v) is 5.48. The molecule has 0 spiro atoms. The van der Waals surface area contributed by atoms with Gasteiger partial charge in [-0.2, -0.15) is 0 Å². The molecule has 33 heavy (non-hydrogen) atoms. The number of nitrogens with one attached hydrogen (secondary N) is 1. The molecule has 3 aromatic rings. The van der Waals surface area contributed by atoms with E-state index in [1.165, 1.54) is 18.2 Å². The summed E-state index contributed by atoms with van der Waals surface area (Å²) in [6.45, 7) is 0. The summed E-state index contributed by atoms with van der Waals surface area (Å²) in [6, 6.07) is 13.9. The lowest BCUT2D eigenvalue weighted by molar-refractivity contribution is -0.115. The first kappa shape index (κ1) is 21.9. The maximum absolute atomic E-state index is 12.3. The number of furan rings is 1. The van der Waals surface area contributed by atoms with Gasteiger partial charge in [0.25, 0.3) is 5.91 Å². The average molecular weight is 464 g/mol. The number of carbonyl (C=O) groups excluding carboxylic acids is 1. The summed E-state index contributed by atoms with van der Waals surface area (Å²) in [5, 5.41) is 21.6. The number of carbonyl (C=O) groups is 3. The topological polar surface area (TPSA) is 138 Å². The SMILES string of the molecule is COc1ccc(N=C2NC(=O)/C(=C/c3ccc(-c4cc(C(=O)O)cc(C(=O)O)c4)o3)S2)cc1. The van der Waals surface area contributed by atoms with Gasteiger partial charge in [-0.25, -0.2) is 14.6 Å². The van der Waals surface area contributed by atoms with Gasteiger partial charge < -0.3 is 24.7 Å². The first-order valence-corrected chi connectivity index (χ1v) is 10.3. The number of hydrogen-bond acceptors (Lipinski definition) is 7. The summed E-state index contributed by atoms with van der Waals surface area (Å²) in [5.74, 6) is -1.55. The predicted molar refractivity (Wildman–Crippen MR) is 122 cm³/mol. The molecule has 1 saturated heterocycles. The van der Waals surface area contributed by atoms with Gasteiger partial charge in [-0.3, -0.25) is 4.79 Å². The molecule has 2 heterocycles. The minimum Gasteiger partial charge on any atom is -0.497 e. The highest BCUT2D eigenvalue weighted by Crippen LogP contribution is 2.31. The van der Waals surface area contributed by atoms with E-state index >= 15 is 0 Å². The van der Waals surface area contributed by atoms with Crippen LogP contribution in [0.3, 0.4) is 0 Å². The summed E-state index contributed by atoms with van der Waals surface area (Å²) in [5.41, 5.74) is 0.590. The average Bonchev–Trinajstić information content (AvgIpc) is 3.40. The van der Waals surface area contributed by atoms with E-state index < -0.39 is 11.9 Å². The Morgan fingerprint density at radius 2 is 1.70 bits per heavy atom. The zero-order valence-electron chi connectivity index (χ0n) is 17.1. The van der Waals surface area contributed by atoms with Crippen LogP contribution in [-0.2, 0) is 4.79 Å². The number of carboxylic acid groups (broad SMARTS) is 2. The first-order valence-electron chi connectivity index (χ1n) is 9.48. The number of rotatable bonds is 6. The molecule has 0 bridgehead atoms. The third kappa shape index (κ3) is 4.96. The molecular weight excluding hydrogens is 448 g/mol. The molecule has 1 aliphatic rings. The van der Waals surface area contributed by atoms with Gasteiger partial charge in [0.1, 0.15) is 17.3 Å². The van der Waals surface area contributed by atoms with Crippen LogP contribution in [0.1, 0.15) is 26.5 Å². The van der Waals surface area contributed by atoms with Gasteiger partial charge in [0.05, 0.1) is 28.8 Å². The minimum atomic E-state index is -1.25. The van der Waals surface area contributed by atoms with E-state index in [9.17, 15) is 24.6 Å². The van der Waals surface area contributed by atoms with E-state index in [-0.39, 0.29) is 22.8 Å². The van der Waals surface area contributed by atoms with E-state index in [4.69, 9.17) is 9.15 Å². The highest BCUT2D eigenvalue weighted by Gasteiger charge is 2.24. The van der Waals surface area contributed by atoms with E-state index in [0.29, 0.717) is 32.8 Å². The highest BCUT2D eigenvalue weighted by atomic mass is 32.2. The summed E-state index contributed by atoms with van der Waals surface area (Å²) in [6.07, 6.45) is 1.53. The standard InChI is InChI=1S/C23H16N2O7S/c1-31-16-4-2-15(3-5-16)24-23-25-20(26)19(33-23)11-17-6-7-18(32-17)12-8-13(21(27)28)10-14(9-12)22(29)30/h2-11H,1H3,(H,27,28)(H,29,30)(H,24,25,26)/b19-11-. The smallest absolute Gasteiger partial charge is 0.335 e. The second-order valence-electron chi connectivity index (χ2n) is 6.79. The number of amidine groups is 1. The van der Waals surface area contributed by atoms with Crippen molar-refractivity contribution in [2.75, 3.05) is 7.11 Å². The van der Waals surface area contributed by atoms with Crippen molar-refractivity contribution in [2.45, 2.75) is 0 Å². The molecule has 10 heteroatoms. The fraction of sp³-hybridized carbons (Fsp3) is 0.0435. The zero-order valence-corrected chi connectivity index (χ0v) is 17.9. The van der Waals surface area contributed by atoms with Gasteiger partial charge in [-0.1, -0.05) is 0 Å². The van der Waals surface area contributed by atoms with Crippen molar-refractivity contribution in [3.8, 4) is 17.1 Å². The molecule has 1 amide bonds. The van der Waals surface area contributed by atoms with Crippen LogP contribution in [0.5, 0.6) is 5.75 Å². The van der Waals surface area contributed by atoms with Crippen LogP contribution in [0.4, 0.5) is 5.69 Å². The Balaban J connectivity index is 1.57. The zero-order chi connectivity index (χ0) is 23.5. The normalized spacial score (nSPS) is 15.6. The first-order chi connectivity index (χ1) is 15.8. The maximum Gasteiger partial charge on any atom is 0.335 e.